The predicted molar refractivity (Wildman–Crippen MR) is 109 cm³/mol. The number of nitrogens with zero attached hydrogens (tertiary/aromatic N) is 3. The van der Waals surface area contributed by atoms with E-state index in [0.29, 0.717) is 29.4 Å². The fraction of sp³-hybridized carbons (Fsp3) is 0.368. The van der Waals surface area contributed by atoms with Crippen LogP contribution in [0.5, 0.6) is 0 Å². The Hall–Kier alpha value is -2.16. The summed E-state index contributed by atoms with van der Waals surface area (Å²) in [6.07, 6.45) is 3.33. The molecular weight excluding hydrogens is 400 g/mol. The number of benzene rings is 1. The molecule has 1 saturated heterocycles. The van der Waals surface area contributed by atoms with Gasteiger partial charge in [-0.3, -0.25) is 14.7 Å². The van der Waals surface area contributed by atoms with E-state index in [2.05, 4.69) is 10.3 Å². The molecule has 148 valence electrons. The SMILES string of the molecule is CCS(=O)(=O)N1CC(Nc2cncc(N3C(=O)c4ccc(Cl)cc4[C@H]3C)c2)C1. The van der Waals surface area contributed by atoms with Gasteiger partial charge in [0.05, 0.1) is 41.6 Å². The smallest absolute Gasteiger partial charge is 0.259 e. The number of carbonyl (C=O) groups is 1. The highest BCUT2D eigenvalue weighted by Gasteiger charge is 2.36. The molecule has 28 heavy (non-hydrogen) atoms. The van der Waals surface area contributed by atoms with Crippen LogP contribution in [0.1, 0.15) is 35.8 Å². The van der Waals surface area contributed by atoms with Crippen LogP contribution in [0.3, 0.4) is 0 Å². The minimum atomic E-state index is -3.14. The third kappa shape index (κ3) is 3.25. The molecule has 0 saturated carbocycles. The van der Waals surface area contributed by atoms with Crippen molar-refractivity contribution in [3.63, 3.8) is 0 Å². The number of aromatic nitrogens is 1. The highest BCUT2D eigenvalue weighted by atomic mass is 35.5. The van der Waals surface area contributed by atoms with Crippen molar-refractivity contribution in [2.75, 3.05) is 29.1 Å². The standard InChI is InChI=1S/C19H21ClN4O3S/c1-3-28(26,27)23-10-15(11-23)22-14-7-16(9-21-8-14)24-12(2)18-6-13(20)4-5-17(18)19(24)25/h4-9,12,15,22H,3,10-11H2,1-2H3/t12-/m1/s1. The van der Waals surface area contributed by atoms with E-state index in [9.17, 15) is 13.2 Å². The van der Waals surface area contributed by atoms with Crippen LogP contribution in [-0.4, -0.2) is 48.5 Å². The number of hydrogen-bond acceptors (Lipinski definition) is 5. The average molecular weight is 421 g/mol. The second-order valence-corrected chi connectivity index (χ2v) is 9.77. The Morgan fingerprint density at radius 2 is 2.00 bits per heavy atom. The largest absolute Gasteiger partial charge is 0.378 e. The van der Waals surface area contributed by atoms with Crippen LogP contribution >= 0.6 is 11.6 Å². The van der Waals surface area contributed by atoms with Crippen LogP contribution in [0.25, 0.3) is 0 Å². The van der Waals surface area contributed by atoms with Crippen LogP contribution in [0.4, 0.5) is 11.4 Å². The van der Waals surface area contributed by atoms with Gasteiger partial charge in [-0.25, -0.2) is 8.42 Å². The molecule has 0 aliphatic carbocycles. The van der Waals surface area contributed by atoms with Crippen molar-refractivity contribution in [2.24, 2.45) is 0 Å². The molecule has 3 heterocycles. The summed E-state index contributed by atoms with van der Waals surface area (Å²) in [6.45, 7) is 4.47. The number of nitrogens with one attached hydrogen (secondary N) is 1. The average Bonchev–Trinajstić information content (AvgIpc) is 2.88. The summed E-state index contributed by atoms with van der Waals surface area (Å²) in [5.74, 6) is 0.0259. The van der Waals surface area contributed by atoms with Gasteiger partial charge >= 0.3 is 0 Å². The first-order valence-corrected chi connectivity index (χ1v) is 11.1. The zero-order valence-electron chi connectivity index (χ0n) is 15.6. The molecule has 2 aliphatic rings. The highest BCUT2D eigenvalue weighted by molar-refractivity contribution is 7.89. The Kier molecular flexibility index (Phi) is 4.81. The molecule has 1 atom stereocenters. The van der Waals surface area contributed by atoms with E-state index in [1.807, 2.05) is 19.1 Å². The van der Waals surface area contributed by atoms with E-state index in [1.165, 1.54) is 4.31 Å². The Morgan fingerprint density at radius 3 is 2.71 bits per heavy atom. The first-order chi connectivity index (χ1) is 13.3. The van der Waals surface area contributed by atoms with Gasteiger partial charge in [0.2, 0.25) is 10.0 Å². The Balaban J connectivity index is 1.50. The zero-order valence-corrected chi connectivity index (χ0v) is 17.2. The van der Waals surface area contributed by atoms with Gasteiger partial charge < -0.3 is 5.32 Å². The third-order valence-corrected chi connectivity index (χ3v) is 7.33. The normalized spacial score (nSPS) is 20.2. The second kappa shape index (κ2) is 7.02. The van der Waals surface area contributed by atoms with Crippen molar-refractivity contribution in [2.45, 2.75) is 25.9 Å². The minimum absolute atomic E-state index is 0.0288. The first-order valence-electron chi connectivity index (χ1n) is 9.12. The maximum atomic E-state index is 12.9. The zero-order chi connectivity index (χ0) is 20.1. The first kappa shape index (κ1) is 19.2. The molecule has 0 unspecified atom stereocenters. The Bertz CT molecular complexity index is 1040. The molecule has 0 bridgehead atoms. The predicted octanol–water partition coefficient (Wildman–Crippen LogP) is 2.90. The van der Waals surface area contributed by atoms with E-state index in [-0.39, 0.29) is 23.7 Å². The maximum absolute atomic E-state index is 12.9. The van der Waals surface area contributed by atoms with Crippen molar-refractivity contribution in [1.29, 1.82) is 0 Å². The second-order valence-electron chi connectivity index (χ2n) is 7.07. The van der Waals surface area contributed by atoms with Crippen molar-refractivity contribution in [3.8, 4) is 0 Å². The molecule has 0 spiro atoms. The number of pyridine rings is 1. The third-order valence-electron chi connectivity index (χ3n) is 5.28. The lowest BCUT2D eigenvalue weighted by molar-refractivity contribution is 0.0992. The lowest BCUT2D eigenvalue weighted by atomic mass is 10.1. The number of carbonyl (C=O) groups excluding carboxylic acids is 1. The van der Waals surface area contributed by atoms with Gasteiger partial charge in [-0.15, -0.1) is 0 Å². The van der Waals surface area contributed by atoms with Crippen LogP contribution in [0, 0.1) is 0 Å². The molecule has 7 nitrogen and oxygen atoms in total. The van der Waals surface area contributed by atoms with Crippen LogP contribution < -0.4 is 10.2 Å². The number of halogens is 1. The van der Waals surface area contributed by atoms with E-state index >= 15 is 0 Å². The lowest BCUT2D eigenvalue weighted by Crippen LogP contribution is -2.57. The summed E-state index contributed by atoms with van der Waals surface area (Å²) in [6, 6.07) is 7.05. The summed E-state index contributed by atoms with van der Waals surface area (Å²) in [7, 11) is -3.14. The molecule has 2 aliphatic heterocycles. The fourth-order valence-electron chi connectivity index (χ4n) is 3.67. The number of sulfonamides is 1. The number of rotatable bonds is 5. The quantitative estimate of drug-likeness (QED) is 0.804. The molecule has 1 aromatic carbocycles. The summed E-state index contributed by atoms with van der Waals surface area (Å²) >= 11 is 6.09. The molecule has 9 heteroatoms. The number of anilines is 2. The van der Waals surface area contributed by atoms with E-state index in [1.54, 1.807) is 36.4 Å². The molecule has 1 fully saturated rings. The van der Waals surface area contributed by atoms with Gasteiger partial charge in [0.15, 0.2) is 0 Å². The van der Waals surface area contributed by atoms with Gasteiger partial charge in [-0.2, -0.15) is 4.31 Å². The molecule has 1 aromatic heterocycles. The number of hydrogen-bond donors (Lipinski definition) is 1. The van der Waals surface area contributed by atoms with Gasteiger partial charge in [0.1, 0.15) is 0 Å². The van der Waals surface area contributed by atoms with Gasteiger partial charge in [0, 0.05) is 23.7 Å². The summed E-state index contributed by atoms with van der Waals surface area (Å²) in [5, 5.41) is 3.90. The van der Waals surface area contributed by atoms with Gasteiger partial charge in [0.25, 0.3) is 5.91 Å². The van der Waals surface area contributed by atoms with Crippen LogP contribution in [0.15, 0.2) is 36.7 Å². The van der Waals surface area contributed by atoms with Crippen LogP contribution in [0.2, 0.25) is 5.02 Å². The van der Waals surface area contributed by atoms with Gasteiger partial charge in [-0.1, -0.05) is 11.6 Å². The molecule has 4 rings (SSSR count). The molecular formula is C19H21ClN4O3S. The van der Waals surface area contributed by atoms with Gasteiger partial charge in [-0.05, 0) is 43.7 Å². The van der Waals surface area contributed by atoms with Crippen molar-refractivity contribution >= 4 is 38.9 Å². The molecule has 1 N–H and O–H groups in total. The molecule has 1 amide bonds. The van der Waals surface area contributed by atoms with E-state index in [4.69, 9.17) is 11.6 Å². The van der Waals surface area contributed by atoms with Crippen LogP contribution in [-0.2, 0) is 10.0 Å². The topological polar surface area (TPSA) is 82.6 Å². The summed E-state index contributed by atoms with van der Waals surface area (Å²) in [5.41, 5.74) is 2.99. The summed E-state index contributed by atoms with van der Waals surface area (Å²) < 4.78 is 25.2. The Morgan fingerprint density at radius 1 is 1.25 bits per heavy atom. The maximum Gasteiger partial charge on any atom is 0.259 e. The van der Waals surface area contributed by atoms with Crippen molar-refractivity contribution in [1.82, 2.24) is 9.29 Å². The van der Waals surface area contributed by atoms with Crippen molar-refractivity contribution < 1.29 is 13.2 Å². The highest BCUT2D eigenvalue weighted by Crippen LogP contribution is 2.38. The molecule has 0 radical (unpaired) electrons. The van der Waals surface area contributed by atoms with E-state index in [0.717, 1.165) is 11.3 Å². The summed E-state index contributed by atoms with van der Waals surface area (Å²) in [4.78, 5) is 18.8. The fourth-order valence-corrected chi connectivity index (χ4v) is 5.03. The Labute approximate surface area is 169 Å². The minimum Gasteiger partial charge on any atom is -0.378 e. The number of fused-ring (bicyclic) bond motifs is 1. The lowest BCUT2D eigenvalue weighted by Gasteiger charge is -2.38. The van der Waals surface area contributed by atoms with E-state index < -0.39 is 10.0 Å². The van der Waals surface area contributed by atoms with Crippen molar-refractivity contribution in [3.05, 3.63) is 52.8 Å². The monoisotopic (exact) mass is 420 g/mol. The molecule has 2 aromatic rings. The number of amides is 1.